The average Bonchev–Trinajstić information content (AvgIpc) is 3.14. The van der Waals surface area contributed by atoms with E-state index >= 15 is 0 Å². The molecule has 2 saturated heterocycles. The summed E-state index contributed by atoms with van der Waals surface area (Å²) in [4.78, 5) is 40.7. The molecule has 0 aromatic carbocycles. The summed E-state index contributed by atoms with van der Waals surface area (Å²) in [5.74, 6) is 0.267. The summed E-state index contributed by atoms with van der Waals surface area (Å²) in [6.45, 7) is 4.70. The van der Waals surface area contributed by atoms with Crippen LogP contribution in [-0.4, -0.2) is 72.3 Å². The van der Waals surface area contributed by atoms with Crippen LogP contribution in [0.3, 0.4) is 0 Å². The Balaban J connectivity index is 1.66. The third-order valence-corrected chi connectivity index (χ3v) is 5.77. The zero-order valence-electron chi connectivity index (χ0n) is 15.1. The maximum Gasteiger partial charge on any atom is 0.245 e. The van der Waals surface area contributed by atoms with E-state index in [0.29, 0.717) is 19.6 Å². The van der Waals surface area contributed by atoms with E-state index in [-0.39, 0.29) is 29.7 Å². The zero-order valence-corrected chi connectivity index (χ0v) is 15.1. The second-order valence-corrected chi connectivity index (χ2v) is 7.57. The minimum atomic E-state index is -0.405. The first-order valence-corrected chi connectivity index (χ1v) is 9.62. The summed E-state index contributed by atoms with van der Waals surface area (Å²) < 4.78 is 0. The lowest BCUT2D eigenvalue weighted by molar-refractivity contribution is -0.143. The van der Waals surface area contributed by atoms with Gasteiger partial charge in [-0.05, 0) is 31.6 Å². The summed E-state index contributed by atoms with van der Waals surface area (Å²) in [6, 6.07) is -0.300. The van der Waals surface area contributed by atoms with Crippen molar-refractivity contribution in [1.82, 2.24) is 20.4 Å². The van der Waals surface area contributed by atoms with Crippen LogP contribution in [0.15, 0.2) is 0 Å². The second-order valence-electron chi connectivity index (χ2n) is 7.57. The summed E-state index contributed by atoms with van der Waals surface area (Å²) in [5.41, 5.74) is 0. The molecule has 2 atom stereocenters. The van der Waals surface area contributed by atoms with Crippen molar-refractivity contribution in [2.45, 2.75) is 57.5 Å². The SMILES string of the molecule is CC(=O)NC(C(=O)N1CCCC(N2CCNCC2=O)C1)C1CCCC1. The van der Waals surface area contributed by atoms with Crippen LogP contribution in [0.25, 0.3) is 0 Å². The molecule has 0 radical (unpaired) electrons. The van der Waals surface area contributed by atoms with E-state index in [0.717, 1.165) is 51.6 Å². The van der Waals surface area contributed by atoms with Gasteiger partial charge in [0.1, 0.15) is 6.04 Å². The molecule has 3 aliphatic rings. The van der Waals surface area contributed by atoms with Crippen LogP contribution in [0.5, 0.6) is 0 Å². The molecule has 0 bridgehead atoms. The number of amides is 3. The van der Waals surface area contributed by atoms with Gasteiger partial charge in [-0.1, -0.05) is 12.8 Å². The Labute approximate surface area is 149 Å². The highest BCUT2D eigenvalue weighted by Crippen LogP contribution is 2.29. The fourth-order valence-corrected chi connectivity index (χ4v) is 4.50. The number of carbonyl (C=O) groups is 3. The molecule has 3 fully saturated rings. The molecule has 25 heavy (non-hydrogen) atoms. The molecule has 140 valence electrons. The maximum absolute atomic E-state index is 13.1. The van der Waals surface area contributed by atoms with E-state index in [2.05, 4.69) is 10.6 Å². The Bertz CT molecular complexity index is 518. The van der Waals surface area contributed by atoms with Crippen molar-refractivity contribution in [3.63, 3.8) is 0 Å². The number of nitrogens with zero attached hydrogens (tertiary/aromatic N) is 2. The topological polar surface area (TPSA) is 81.8 Å². The van der Waals surface area contributed by atoms with Gasteiger partial charge in [0.2, 0.25) is 17.7 Å². The highest BCUT2D eigenvalue weighted by atomic mass is 16.2. The first kappa shape index (κ1) is 18.2. The number of carbonyl (C=O) groups excluding carboxylic acids is 3. The summed E-state index contributed by atoms with van der Waals surface area (Å²) in [6.07, 6.45) is 6.13. The Kier molecular flexibility index (Phi) is 5.93. The normalized spacial score (nSPS) is 26.6. The van der Waals surface area contributed by atoms with E-state index in [9.17, 15) is 14.4 Å². The minimum absolute atomic E-state index is 0.0365. The largest absolute Gasteiger partial charge is 0.344 e. The zero-order chi connectivity index (χ0) is 17.8. The van der Waals surface area contributed by atoms with Gasteiger partial charge in [0.25, 0.3) is 0 Å². The quantitative estimate of drug-likeness (QED) is 0.754. The Morgan fingerprint density at radius 1 is 1.16 bits per heavy atom. The van der Waals surface area contributed by atoms with Crippen molar-refractivity contribution in [2.75, 3.05) is 32.7 Å². The molecule has 7 heteroatoms. The van der Waals surface area contributed by atoms with E-state index in [1.54, 1.807) is 0 Å². The summed E-state index contributed by atoms with van der Waals surface area (Å²) >= 11 is 0. The van der Waals surface area contributed by atoms with Crippen LogP contribution in [0, 0.1) is 5.92 Å². The molecule has 2 N–H and O–H groups in total. The van der Waals surface area contributed by atoms with Crippen LogP contribution in [0.2, 0.25) is 0 Å². The molecule has 7 nitrogen and oxygen atoms in total. The van der Waals surface area contributed by atoms with E-state index in [4.69, 9.17) is 0 Å². The molecule has 3 amide bonds. The number of likely N-dealkylation sites (tertiary alicyclic amines) is 1. The van der Waals surface area contributed by atoms with Crippen molar-refractivity contribution in [3.05, 3.63) is 0 Å². The predicted molar refractivity (Wildman–Crippen MR) is 93.7 cm³/mol. The molecule has 2 heterocycles. The second kappa shape index (κ2) is 8.17. The highest BCUT2D eigenvalue weighted by molar-refractivity contribution is 5.87. The molecular formula is C18H30N4O3. The molecule has 1 saturated carbocycles. The first-order valence-electron chi connectivity index (χ1n) is 9.62. The number of nitrogens with one attached hydrogen (secondary N) is 2. The van der Waals surface area contributed by atoms with Gasteiger partial charge >= 0.3 is 0 Å². The van der Waals surface area contributed by atoms with Crippen molar-refractivity contribution in [2.24, 2.45) is 5.92 Å². The smallest absolute Gasteiger partial charge is 0.245 e. The molecule has 0 spiro atoms. The van der Waals surface area contributed by atoms with Gasteiger partial charge in [-0.15, -0.1) is 0 Å². The number of piperidine rings is 1. The lowest BCUT2D eigenvalue weighted by Crippen LogP contribution is -2.60. The van der Waals surface area contributed by atoms with Crippen LogP contribution in [0.4, 0.5) is 0 Å². The Morgan fingerprint density at radius 3 is 2.60 bits per heavy atom. The monoisotopic (exact) mass is 350 g/mol. The van der Waals surface area contributed by atoms with Crippen LogP contribution < -0.4 is 10.6 Å². The molecule has 0 aromatic heterocycles. The van der Waals surface area contributed by atoms with Crippen molar-refractivity contribution >= 4 is 17.7 Å². The van der Waals surface area contributed by atoms with Gasteiger partial charge < -0.3 is 20.4 Å². The lowest BCUT2D eigenvalue weighted by Gasteiger charge is -2.42. The average molecular weight is 350 g/mol. The molecular weight excluding hydrogens is 320 g/mol. The minimum Gasteiger partial charge on any atom is -0.344 e. The fraction of sp³-hybridized carbons (Fsp3) is 0.833. The van der Waals surface area contributed by atoms with Gasteiger partial charge in [0, 0.05) is 39.1 Å². The van der Waals surface area contributed by atoms with E-state index < -0.39 is 6.04 Å². The standard InChI is InChI=1S/C18H30N4O3/c1-13(23)20-17(14-5-2-3-6-14)18(25)21-9-4-7-15(12-21)22-10-8-19-11-16(22)24/h14-15,17,19H,2-12H2,1H3,(H,20,23). The van der Waals surface area contributed by atoms with Crippen molar-refractivity contribution in [1.29, 1.82) is 0 Å². The van der Waals surface area contributed by atoms with Crippen LogP contribution in [-0.2, 0) is 14.4 Å². The Morgan fingerprint density at radius 2 is 1.92 bits per heavy atom. The van der Waals surface area contributed by atoms with Crippen molar-refractivity contribution in [3.8, 4) is 0 Å². The van der Waals surface area contributed by atoms with Gasteiger partial charge in [-0.25, -0.2) is 0 Å². The van der Waals surface area contributed by atoms with Gasteiger partial charge in [0.15, 0.2) is 0 Å². The molecule has 3 rings (SSSR count). The third-order valence-electron chi connectivity index (χ3n) is 5.77. The van der Waals surface area contributed by atoms with Crippen molar-refractivity contribution < 1.29 is 14.4 Å². The lowest BCUT2D eigenvalue weighted by atomic mass is 9.95. The predicted octanol–water partition coefficient (Wildman–Crippen LogP) is 0.104. The molecule has 1 aliphatic carbocycles. The Hall–Kier alpha value is -1.63. The van der Waals surface area contributed by atoms with Gasteiger partial charge in [-0.2, -0.15) is 0 Å². The molecule has 2 unspecified atom stereocenters. The van der Waals surface area contributed by atoms with Crippen LogP contribution >= 0.6 is 0 Å². The highest BCUT2D eigenvalue weighted by Gasteiger charge is 2.37. The van der Waals surface area contributed by atoms with E-state index in [1.165, 1.54) is 6.92 Å². The number of rotatable bonds is 4. The maximum atomic E-state index is 13.1. The number of piperazine rings is 1. The molecule has 0 aromatic rings. The fourth-order valence-electron chi connectivity index (χ4n) is 4.50. The summed E-state index contributed by atoms with van der Waals surface area (Å²) in [7, 11) is 0. The summed E-state index contributed by atoms with van der Waals surface area (Å²) in [5, 5.41) is 6.00. The molecule has 2 aliphatic heterocycles. The number of hydrogen-bond acceptors (Lipinski definition) is 4. The van der Waals surface area contributed by atoms with Crippen LogP contribution in [0.1, 0.15) is 45.4 Å². The number of hydrogen-bond donors (Lipinski definition) is 2. The van der Waals surface area contributed by atoms with E-state index in [1.807, 2.05) is 9.80 Å². The van der Waals surface area contributed by atoms with Gasteiger partial charge in [-0.3, -0.25) is 14.4 Å². The van der Waals surface area contributed by atoms with Gasteiger partial charge in [0.05, 0.1) is 6.54 Å². The third kappa shape index (κ3) is 4.32. The first-order chi connectivity index (χ1) is 12.1.